The molecule has 0 aliphatic carbocycles. The number of fused-ring (bicyclic) bond motifs is 1. The Balaban J connectivity index is 1.39. The third-order valence-corrected chi connectivity index (χ3v) is 6.92. The van der Waals surface area contributed by atoms with E-state index in [4.69, 9.17) is 5.73 Å². The van der Waals surface area contributed by atoms with Crippen LogP contribution in [0.1, 0.15) is 25.7 Å². The van der Waals surface area contributed by atoms with Crippen LogP contribution in [0.4, 0.5) is 5.82 Å². The van der Waals surface area contributed by atoms with Crippen molar-refractivity contribution in [1.29, 1.82) is 0 Å². The second kappa shape index (κ2) is 11.8. The summed E-state index contributed by atoms with van der Waals surface area (Å²) in [5.74, 6) is 0.720. The molecule has 10 nitrogen and oxygen atoms in total. The van der Waals surface area contributed by atoms with E-state index in [0.29, 0.717) is 61.6 Å². The SMILES string of the molecule is NC(=O)CCCCCn1c(SCC(=O)N2CCN(c3cnccn3)CC2)nc2ccccc2c1=O. The van der Waals surface area contributed by atoms with Crippen LogP contribution in [0.25, 0.3) is 10.9 Å². The molecule has 2 aromatic heterocycles. The van der Waals surface area contributed by atoms with Crippen molar-refractivity contribution in [2.75, 3.05) is 36.8 Å². The summed E-state index contributed by atoms with van der Waals surface area (Å²) >= 11 is 1.29. The predicted octanol–water partition coefficient (Wildman–Crippen LogP) is 1.67. The molecule has 35 heavy (non-hydrogen) atoms. The van der Waals surface area contributed by atoms with Gasteiger partial charge in [-0.1, -0.05) is 30.3 Å². The van der Waals surface area contributed by atoms with Crippen molar-refractivity contribution >= 4 is 40.3 Å². The first-order valence-corrected chi connectivity index (χ1v) is 12.7. The second-order valence-electron chi connectivity index (χ2n) is 8.37. The first-order valence-electron chi connectivity index (χ1n) is 11.7. The van der Waals surface area contributed by atoms with Gasteiger partial charge in [0, 0.05) is 51.5 Å². The summed E-state index contributed by atoms with van der Waals surface area (Å²) in [4.78, 5) is 54.1. The van der Waals surface area contributed by atoms with E-state index in [1.54, 1.807) is 29.2 Å². The highest BCUT2D eigenvalue weighted by molar-refractivity contribution is 7.99. The lowest BCUT2D eigenvalue weighted by molar-refractivity contribution is -0.128. The van der Waals surface area contributed by atoms with E-state index in [1.165, 1.54) is 11.8 Å². The van der Waals surface area contributed by atoms with E-state index in [2.05, 4.69) is 19.9 Å². The fraction of sp³-hybridized carbons (Fsp3) is 0.417. The summed E-state index contributed by atoms with van der Waals surface area (Å²) in [7, 11) is 0. The Bertz CT molecular complexity index is 1230. The Labute approximate surface area is 207 Å². The van der Waals surface area contributed by atoms with Gasteiger partial charge in [0.15, 0.2) is 5.16 Å². The summed E-state index contributed by atoms with van der Waals surface area (Å²) in [5.41, 5.74) is 5.72. The molecule has 3 heterocycles. The van der Waals surface area contributed by atoms with Gasteiger partial charge in [0.25, 0.3) is 5.56 Å². The van der Waals surface area contributed by atoms with E-state index in [9.17, 15) is 14.4 Å². The molecule has 4 rings (SSSR count). The molecule has 1 aromatic carbocycles. The third-order valence-electron chi connectivity index (χ3n) is 5.96. The van der Waals surface area contributed by atoms with Gasteiger partial charge in [0.1, 0.15) is 5.82 Å². The summed E-state index contributed by atoms with van der Waals surface area (Å²) in [6.07, 6.45) is 7.56. The van der Waals surface area contributed by atoms with Crippen LogP contribution in [-0.2, 0) is 16.1 Å². The fourth-order valence-corrected chi connectivity index (χ4v) is 4.99. The van der Waals surface area contributed by atoms with Gasteiger partial charge in [0.05, 0.1) is 22.9 Å². The zero-order valence-electron chi connectivity index (χ0n) is 19.5. The maximum Gasteiger partial charge on any atom is 0.262 e. The van der Waals surface area contributed by atoms with Crippen LogP contribution in [0.2, 0.25) is 0 Å². The van der Waals surface area contributed by atoms with Crippen LogP contribution < -0.4 is 16.2 Å². The van der Waals surface area contributed by atoms with Gasteiger partial charge in [-0.05, 0) is 25.0 Å². The first-order chi connectivity index (χ1) is 17.0. The van der Waals surface area contributed by atoms with Crippen LogP contribution in [0.3, 0.4) is 0 Å². The van der Waals surface area contributed by atoms with Gasteiger partial charge in [-0.3, -0.25) is 23.9 Å². The number of anilines is 1. The maximum absolute atomic E-state index is 13.2. The minimum atomic E-state index is -0.318. The molecule has 1 aliphatic rings. The predicted molar refractivity (Wildman–Crippen MR) is 135 cm³/mol. The largest absolute Gasteiger partial charge is 0.370 e. The average molecular weight is 496 g/mol. The fourth-order valence-electron chi connectivity index (χ4n) is 4.06. The first kappa shape index (κ1) is 24.6. The topological polar surface area (TPSA) is 127 Å². The number of nitrogens with two attached hydrogens (primary N) is 1. The van der Waals surface area contributed by atoms with Gasteiger partial charge in [-0.15, -0.1) is 0 Å². The number of carbonyl (C=O) groups is 2. The normalized spacial score (nSPS) is 13.8. The van der Waals surface area contributed by atoms with Gasteiger partial charge in [-0.2, -0.15) is 0 Å². The molecular weight excluding hydrogens is 466 g/mol. The van der Waals surface area contributed by atoms with Crippen molar-refractivity contribution < 1.29 is 9.59 Å². The number of piperazine rings is 1. The molecule has 11 heteroatoms. The van der Waals surface area contributed by atoms with E-state index < -0.39 is 0 Å². The smallest absolute Gasteiger partial charge is 0.262 e. The molecule has 0 atom stereocenters. The molecule has 0 bridgehead atoms. The summed E-state index contributed by atoms with van der Waals surface area (Å²) in [6, 6.07) is 7.24. The van der Waals surface area contributed by atoms with Gasteiger partial charge >= 0.3 is 0 Å². The number of thioether (sulfide) groups is 1. The molecule has 3 aromatic rings. The van der Waals surface area contributed by atoms with Crippen molar-refractivity contribution in [3.05, 3.63) is 53.2 Å². The molecule has 184 valence electrons. The minimum Gasteiger partial charge on any atom is -0.370 e. The van der Waals surface area contributed by atoms with Crippen LogP contribution >= 0.6 is 11.8 Å². The van der Waals surface area contributed by atoms with E-state index >= 15 is 0 Å². The van der Waals surface area contributed by atoms with Crippen molar-refractivity contribution in [3.8, 4) is 0 Å². The molecule has 0 saturated carbocycles. The highest BCUT2D eigenvalue weighted by Gasteiger charge is 2.23. The molecule has 1 fully saturated rings. The minimum absolute atomic E-state index is 0.0178. The van der Waals surface area contributed by atoms with Gasteiger partial charge < -0.3 is 15.5 Å². The third kappa shape index (κ3) is 6.36. The van der Waals surface area contributed by atoms with Gasteiger partial charge in [-0.25, -0.2) is 9.97 Å². The van der Waals surface area contributed by atoms with Crippen LogP contribution in [-0.4, -0.2) is 68.2 Å². The quantitative estimate of drug-likeness (QED) is 0.256. The van der Waals surface area contributed by atoms with Gasteiger partial charge in [0.2, 0.25) is 11.8 Å². The lowest BCUT2D eigenvalue weighted by Gasteiger charge is -2.35. The molecular formula is C24H29N7O3S. The Kier molecular flexibility index (Phi) is 8.30. The standard InChI is InChI=1S/C24H29N7O3S/c25-20(32)8-2-1-5-11-31-23(34)18-6-3-4-7-19(18)28-24(31)35-17-22(33)30-14-12-29(13-15-30)21-16-26-9-10-27-21/h3-4,6-7,9-10,16H,1-2,5,8,11-15,17H2,(H2,25,32). The Morgan fingerprint density at radius 3 is 2.57 bits per heavy atom. The highest BCUT2D eigenvalue weighted by Crippen LogP contribution is 2.20. The molecule has 2 N–H and O–H groups in total. The maximum atomic E-state index is 13.2. The number of unbranched alkanes of at least 4 members (excludes halogenated alkanes) is 2. The van der Waals surface area contributed by atoms with Crippen LogP contribution in [0.5, 0.6) is 0 Å². The number of hydrogen-bond donors (Lipinski definition) is 1. The molecule has 0 unspecified atom stereocenters. The zero-order chi connectivity index (χ0) is 24.6. The summed E-state index contributed by atoms with van der Waals surface area (Å²) < 4.78 is 1.65. The number of amides is 2. The number of nitrogens with zero attached hydrogens (tertiary/aromatic N) is 6. The number of primary amides is 1. The van der Waals surface area contributed by atoms with Crippen LogP contribution in [0.15, 0.2) is 52.8 Å². The monoisotopic (exact) mass is 495 g/mol. The summed E-state index contributed by atoms with van der Waals surface area (Å²) in [5, 5.41) is 1.09. The molecule has 1 saturated heterocycles. The van der Waals surface area contributed by atoms with Crippen molar-refractivity contribution in [2.45, 2.75) is 37.4 Å². The van der Waals surface area contributed by atoms with E-state index in [0.717, 1.165) is 18.7 Å². The van der Waals surface area contributed by atoms with E-state index in [-0.39, 0.29) is 23.1 Å². The number of hydrogen-bond acceptors (Lipinski definition) is 8. The Morgan fingerprint density at radius 2 is 1.83 bits per heavy atom. The number of benzene rings is 1. The number of carbonyl (C=O) groups excluding carboxylic acids is 2. The molecule has 2 amide bonds. The lowest BCUT2D eigenvalue weighted by Crippen LogP contribution is -2.49. The van der Waals surface area contributed by atoms with Crippen molar-refractivity contribution in [1.82, 2.24) is 24.4 Å². The average Bonchev–Trinajstić information content (AvgIpc) is 2.89. The van der Waals surface area contributed by atoms with Crippen molar-refractivity contribution in [3.63, 3.8) is 0 Å². The lowest BCUT2D eigenvalue weighted by atomic mass is 10.2. The summed E-state index contributed by atoms with van der Waals surface area (Å²) in [6.45, 7) is 3.07. The number of rotatable bonds is 10. The molecule has 0 spiro atoms. The van der Waals surface area contributed by atoms with E-state index in [1.807, 2.05) is 23.1 Å². The van der Waals surface area contributed by atoms with Crippen LogP contribution in [0, 0.1) is 0 Å². The second-order valence-corrected chi connectivity index (χ2v) is 9.31. The number of aromatic nitrogens is 4. The molecule has 1 aliphatic heterocycles. The Hall–Kier alpha value is -3.47. The highest BCUT2D eigenvalue weighted by atomic mass is 32.2. The zero-order valence-corrected chi connectivity index (χ0v) is 20.3. The Morgan fingerprint density at radius 1 is 1.03 bits per heavy atom. The molecule has 0 radical (unpaired) electrons. The van der Waals surface area contributed by atoms with Crippen molar-refractivity contribution in [2.24, 2.45) is 5.73 Å². The number of para-hydroxylation sites is 1.